The Morgan fingerprint density at radius 2 is 2.00 bits per heavy atom. The number of benzene rings is 1. The molecular weight excluding hydrogens is 224 g/mol. The predicted molar refractivity (Wildman–Crippen MR) is 62.0 cm³/mol. The van der Waals surface area contributed by atoms with Gasteiger partial charge in [-0.3, -0.25) is 0 Å². The quantitative estimate of drug-likeness (QED) is 0.878. The number of ether oxygens (including phenoxy) is 1. The molecule has 0 spiro atoms. The van der Waals surface area contributed by atoms with Crippen LogP contribution in [0.15, 0.2) is 18.2 Å². The topological polar surface area (TPSA) is 21.3 Å². The minimum Gasteiger partial charge on any atom is -0.490 e. The zero-order valence-corrected chi connectivity index (χ0v) is 10.3. The maximum atomic E-state index is 13.0. The van der Waals surface area contributed by atoms with Crippen LogP contribution in [0.3, 0.4) is 0 Å². The van der Waals surface area contributed by atoms with Crippen LogP contribution in [0, 0.1) is 17.0 Å². The third kappa shape index (κ3) is 2.14. The maximum Gasteiger partial charge on any atom is 0.162 e. The van der Waals surface area contributed by atoms with E-state index in [2.05, 4.69) is 19.2 Å². The third-order valence-corrected chi connectivity index (χ3v) is 3.70. The van der Waals surface area contributed by atoms with Crippen molar-refractivity contribution in [2.75, 3.05) is 7.05 Å². The van der Waals surface area contributed by atoms with Crippen molar-refractivity contribution in [3.8, 4) is 5.75 Å². The van der Waals surface area contributed by atoms with Crippen molar-refractivity contribution >= 4 is 0 Å². The van der Waals surface area contributed by atoms with Crippen LogP contribution < -0.4 is 10.1 Å². The first-order valence-corrected chi connectivity index (χ1v) is 5.74. The van der Waals surface area contributed by atoms with Gasteiger partial charge < -0.3 is 10.1 Å². The number of nitrogens with one attached hydrogen (secondary N) is 1. The van der Waals surface area contributed by atoms with Crippen LogP contribution in [0.1, 0.15) is 20.3 Å². The first-order chi connectivity index (χ1) is 7.95. The molecule has 0 amide bonds. The van der Waals surface area contributed by atoms with Gasteiger partial charge in [-0.15, -0.1) is 0 Å². The second kappa shape index (κ2) is 4.26. The van der Waals surface area contributed by atoms with Gasteiger partial charge in [0.2, 0.25) is 0 Å². The fraction of sp³-hybridized carbons (Fsp3) is 0.538. The molecule has 1 N–H and O–H groups in total. The average Bonchev–Trinajstić information content (AvgIpc) is 2.28. The summed E-state index contributed by atoms with van der Waals surface area (Å²) in [7, 11) is 1.92. The van der Waals surface area contributed by atoms with Crippen LogP contribution in [0.5, 0.6) is 5.75 Å². The lowest BCUT2D eigenvalue weighted by Gasteiger charge is -2.51. The highest BCUT2D eigenvalue weighted by atomic mass is 19.2. The Morgan fingerprint density at radius 3 is 2.53 bits per heavy atom. The number of halogens is 2. The number of rotatable bonds is 3. The Balaban J connectivity index is 2.05. The monoisotopic (exact) mass is 241 g/mol. The van der Waals surface area contributed by atoms with E-state index in [1.165, 1.54) is 6.07 Å². The van der Waals surface area contributed by atoms with Crippen molar-refractivity contribution < 1.29 is 13.5 Å². The second-order valence-corrected chi connectivity index (χ2v) is 5.08. The standard InChI is InChI=1S/C13H17F2NO/c1-13(2)11(16-3)7-12(13)17-8-4-5-9(14)10(15)6-8/h4-6,11-12,16H,7H2,1-3H3. The molecule has 0 aliphatic heterocycles. The minimum atomic E-state index is -0.871. The lowest BCUT2D eigenvalue weighted by molar-refractivity contribution is -0.0522. The van der Waals surface area contributed by atoms with Crippen LogP contribution >= 0.6 is 0 Å². The lowest BCUT2D eigenvalue weighted by Crippen LogP contribution is -2.61. The SMILES string of the molecule is CNC1CC(Oc2ccc(F)c(F)c2)C1(C)C. The zero-order chi connectivity index (χ0) is 12.6. The van der Waals surface area contributed by atoms with E-state index in [9.17, 15) is 8.78 Å². The maximum absolute atomic E-state index is 13.0. The van der Waals surface area contributed by atoms with Gasteiger partial charge in [0.1, 0.15) is 11.9 Å². The summed E-state index contributed by atoms with van der Waals surface area (Å²) in [6.45, 7) is 4.20. The Kier molecular flexibility index (Phi) is 3.08. The molecule has 1 fully saturated rings. The molecule has 0 bridgehead atoms. The van der Waals surface area contributed by atoms with Crippen LogP contribution in [-0.4, -0.2) is 19.2 Å². The van der Waals surface area contributed by atoms with E-state index >= 15 is 0 Å². The molecular formula is C13H17F2NO. The molecule has 17 heavy (non-hydrogen) atoms. The molecule has 0 saturated heterocycles. The summed E-state index contributed by atoms with van der Waals surface area (Å²) in [5, 5.41) is 3.21. The van der Waals surface area contributed by atoms with E-state index < -0.39 is 11.6 Å². The third-order valence-electron chi connectivity index (χ3n) is 3.70. The molecule has 0 heterocycles. The summed E-state index contributed by atoms with van der Waals surface area (Å²) in [5.41, 5.74) is -0.000385. The Hall–Kier alpha value is -1.16. The minimum absolute atomic E-state index is 0.000385. The summed E-state index contributed by atoms with van der Waals surface area (Å²) in [6.07, 6.45) is 0.910. The van der Waals surface area contributed by atoms with Gasteiger partial charge in [0.15, 0.2) is 11.6 Å². The van der Waals surface area contributed by atoms with E-state index in [0.717, 1.165) is 18.6 Å². The Bertz CT molecular complexity index is 420. The van der Waals surface area contributed by atoms with Crippen LogP contribution in [-0.2, 0) is 0 Å². The molecule has 1 aromatic carbocycles. The average molecular weight is 241 g/mol. The zero-order valence-electron chi connectivity index (χ0n) is 10.3. The normalized spacial score (nSPS) is 26.4. The van der Waals surface area contributed by atoms with Crippen molar-refractivity contribution in [3.05, 3.63) is 29.8 Å². The molecule has 1 aromatic rings. The van der Waals surface area contributed by atoms with E-state index in [4.69, 9.17) is 4.74 Å². The van der Waals surface area contributed by atoms with Gasteiger partial charge in [-0.05, 0) is 19.2 Å². The second-order valence-electron chi connectivity index (χ2n) is 5.08. The van der Waals surface area contributed by atoms with E-state index in [1.54, 1.807) is 0 Å². The summed E-state index contributed by atoms with van der Waals surface area (Å²) in [5.74, 6) is -1.33. The highest BCUT2D eigenvalue weighted by Crippen LogP contribution is 2.42. The van der Waals surface area contributed by atoms with E-state index in [1.807, 2.05) is 7.05 Å². The lowest BCUT2D eigenvalue weighted by atomic mass is 9.64. The first kappa shape index (κ1) is 12.3. The fourth-order valence-corrected chi connectivity index (χ4v) is 2.29. The van der Waals surface area contributed by atoms with Gasteiger partial charge in [-0.25, -0.2) is 8.78 Å². The number of hydrogen-bond donors (Lipinski definition) is 1. The van der Waals surface area contributed by atoms with Gasteiger partial charge in [-0.1, -0.05) is 13.8 Å². The van der Waals surface area contributed by atoms with Gasteiger partial charge in [-0.2, -0.15) is 0 Å². The summed E-state index contributed by atoms with van der Waals surface area (Å²) in [6, 6.07) is 4.04. The molecule has 0 aromatic heterocycles. The van der Waals surface area contributed by atoms with E-state index in [0.29, 0.717) is 11.8 Å². The smallest absolute Gasteiger partial charge is 0.162 e. The molecule has 1 saturated carbocycles. The summed E-state index contributed by atoms with van der Waals surface area (Å²) >= 11 is 0. The molecule has 2 rings (SSSR count). The largest absolute Gasteiger partial charge is 0.490 e. The van der Waals surface area contributed by atoms with Crippen LogP contribution in [0.2, 0.25) is 0 Å². The summed E-state index contributed by atoms with van der Waals surface area (Å²) < 4.78 is 31.5. The molecule has 1 aliphatic carbocycles. The van der Waals surface area contributed by atoms with Crippen molar-refractivity contribution in [3.63, 3.8) is 0 Å². The molecule has 2 nitrogen and oxygen atoms in total. The molecule has 1 aliphatic rings. The summed E-state index contributed by atoms with van der Waals surface area (Å²) in [4.78, 5) is 0. The molecule has 4 heteroatoms. The van der Waals surface area contributed by atoms with Gasteiger partial charge in [0, 0.05) is 23.9 Å². The van der Waals surface area contributed by atoms with Gasteiger partial charge in [0.05, 0.1) is 0 Å². The molecule has 94 valence electrons. The van der Waals surface area contributed by atoms with Gasteiger partial charge in [0.25, 0.3) is 0 Å². The first-order valence-electron chi connectivity index (χ1n) is 5.74. The van der Waals surface area contributed by atoms with Gasteiger partial charge >= 0.3 is 0 Å². The highest BCUT2D eigenvalue weighted by molar-refractivity contribution is 5.25. The molecule has 0 radical (unpaired) electrons. The van der Waals surface area contributed by atoms with Crippen molar-refractivity contribution in [1.82, 2.24) is 5.32 Å². The highest BCUT2D eigenvalue weighted by Gasteiger charge is 2.49. The van der Waals surface area contributed by atoms with E-state index in [-0.39, 0.29) is 11.5 Å². The van der Waals surface area contributed by atoms with Crippen molar-refractivity contribution in [2.45, 2.75) is 32.4 Å². The predicted octanol–water partition coefficient (Wildman–Crippen LogP) is 2.73. The number of hydrogen-bond acceptors (Lipinski definition) is 2. The molecule has 2 atom stereocenters. The van der Waals surface area contributed by atoms with Crippen molar-refractivity contribution in [1.29, 1.82) is 0 Å². The fourth-order valence-electron chi connectivity index (χ4n) is 2.29. The Morgan fingerprint density at radius 1 is 1.29 bits per heavy atom. The van der Waals surface area contributed by atoms with Crippen molar-refractivity contribution in [2.24, 2.45) is 5.41 Å². The van der Waals surface area contributed by atoms with Crippen LogP contribution in [0.4, 0.5) is 8.78 Å². The van der Waals surface area contributed by atoms with Crippen LogP contribution in [0.25, 0.3) is 0 Å². The molecule has 2 unspecified atom stereocenters. The Labute approximate surface area is 100.0 Å².